The number of nitrogens with zero attached hydrogens (tertiary/aromatic N) is 4. The second-order valence-electron chi connectivity index (χ2n) is 5.63. The van der Waals surface area contributed by atoms with Crippen LogP contribution in [0.15, 0.2) is 54.9 Å². The second kappa shape index (κ2) is 8.55. The normalized spacial score (nSPS) is 10.2. The molecule has 0 saturated heterocycles. The van der Waals surface area contributed by atoms with E-state index in [1.54, 1.807) is 0 Å². The zero-order valence-corrected chi connectivity index (χ0v) is 14.9. The Labute approximate surface area is 167 Å². The first kappa shape index (κ1) is 20.1. The van der Waals surface area contributed by atoms with Crippen LogP contribution in [-0.2, 0) is 0 Å². The average molecular weight is 413 g/mol. The summed E-state index contributed by atoms with van der Waals surface area (Å²) in [6.45, 7) is 0. The number of para-hydroxylation sites is 2. The van der Waals surface area contributed by atoms with Crippen LogP contribution in [0, 0.1) is 26.0 Å². The molecule has 13 heteroatoms. The van der Waals surface area contributed by atoms with E-state index in [0.29, 0.717) is 0 Å². The highest BCUT2D eigenvalue weighted by molar-refractivity contribution is 5.98. The van der Waals surface area contributed by atoms with Crippen molar-refractivity contribution in [2.75, 3.05) is 10.7 Å². The summed E-state index contributed by atoms with van der Waals surface area (Å²) >= 11 is 0. The highest BCUT2D eigenvalue weighted by atomic mass is 19.1. The van der Waals surface area contributed by atoms with Crippen molar-refractivity contribution in [3.05, 3.63) is 86.5 Å². The molecule has 152 valence electrons. The first-order chi connectivity index (χ1) is 14.4. The average Bonchev–Trinajstić information content (AvgIpc) is 2.73. The minimum Gasteiger partial charge on any atom is -0.332 e. The zero-order chi connectivity index (χ0) is 21.7. The molecule has 3 rings (SSSR count). The van der Waals surface area contributed by atoms with E-state index in [2.05, 4.69) is 26.1 Å². The van der Waals surface area contributed by atoms with E-state index in [9.17, 15) is 29.4 Å². The van der Waals surface area contributed by atoms with Crippen LogP contribution >= 0.6 is 0 Å². The highest BCUT2D eigenvalue weighted by Gasteiger charge is 2.25. The lowest BCUT2D eigenvalue weighted by atomic mass is 10.2. The number of benzene rings is 2. The molecule has 0 unspecified atom stereocenters. The first-order valence-corrected chi connectivity index (χ1v) is 8.19. The van der Waals surface area contributed by atoms with Gasteiger partial charge in [-0.15, -0.1) is 0 Å². The van der Waals surface area contributed by atoms with Gasteiger partial charge < -0.3 is 5.32 Å². The number of hydrazine groups is 1. The molecule has 30 heavy (non-hydrogen) atoms. The Morgan fingerprint density at radius 2 is 1.60 bits per heavy atom. The molecule has 0 spiro atoms. The molecule has 1 heterocycles. The Balaban J connectivity index is 1.86. The van der Waals surface area contributed by atoms with Gasteiger partial charge in [-0.2, -0.15) is 0 Å². The predicted octanol–water partition coefficient (Wildman–Crippen LogP) is 2.93. The van der Waals surface area contributed by atoms with Crippen LogP contribution in [0.25, 0.3) is 0 Å². The maximum atomic E-state index is 13.8. The van der Waals surface area contributed by atoms with E-state index in [1.165, 1.54) is 36.4 Å². The van der Waals surface area contributed by atoms with Crippen molar-refractivity contribution in [1.29, 1.82) is 0 Å². The molecule has 12 nitrogen and oxygen atoms in total. The van der Waals surface area contributed by atoms with Crippen molar-refractivity contribution in [2.24, 2.45) is 0 Å². The molecule has 0 saturated carbocycles. The molecular weight excluding hydrogens is 401 g/mol. The molecule has 1 aromatic heterocycles. The van der Waals surface area contributed by atoms with Gasteiger partial charge in [0.05, 0.1) is 15.5 Å². The molecule has 2 aromatic carbocycles. The van der Waals surface area contributed by atoms with Gasteiger partial charge in [0.2, 0.25) is 11.6 Å². The predicted molar refractivity (Wildman–Crippen MR) is 103 cm³/mol. The number of aromatic nitrogens is 2. The van der Waals surface area contributed by atoms with Gasteiger partial charge >= 0.3 is 5.69 Å². The summed E-state index contributed by atoms with van der Waals surface area (Å²) in [5.41, 5.74) is 2.92. The van der Waals surface area contributed by atoms with E-state index in [-0.39, 0.29) is 17.1 Å². The summed E-state index contributed by atoms with van der Waals surface area (Å²) in [4.78, 5) is 40.7. The summed E-state index contributed by atoms with van der Waals surface area (Å²) in [6, 6.07) is 10.6. The number of hydrogen-bond donors (Lipinski definition) is 3. The lowest BCUT2D eigenvalue weighted by molar-refractivity contribution is -0.385. The topological polar surface area (TPSA) is 165 Å². The van der Waals surface area contributed by atoms with Crippen LogP contribution in [0.5, 0.6) is 0 Å². The Hall–Kier alpha value is -4.68. The molecular formula is C17H12FN7O5. The fourth-order valence-electron chi connectivity index (χ4n) is 2.43. The van der Waals surface area contributed by atoms with Crippen molar-refractivity contribution in [3.63, 3.8) is 0 Å². The number of carbonyl (C=O) groups is 1. The third-order valence-electron chi connectivity index (χ3n) is 3.77. The van der Waals surface area contributed by atoms with Gasteiger partial charge in [-0.3, -0.25) is 35.9 Å². The standard InChI is InChI=1S/C17H12FN7O5/c18-11-6-2-3-7-12(11)21-15-14(25(29)30)16(20-9-19-15)22-23-17(26)10-5-1-4-8-13(10)24(27)28/h1-9H,(H,23,26)(H2,19,20,21,22). The molecule has 0 fully saturated rings. The molecule has 0 aliphatic rings. The van der Waals surface area contributed by atoms with Crippen molar-refractivity contribution in [2.45, 2.75) is 0 Å². The van der Waals surface area contributed by atoms with Gasteiger partial charge in [-0.05, 0) is 18.2 Å². The summed E-state index contributed by atoms with van der Waals surface area (Å²) in [6.07, 6.45) is 0.954. The SMILES string of the molecule is O=C(NNc1ncnc(Nc2ccccc2F)c1[N+](=O)[O-])c1ccccc1[N+](=O)[O-]. The quantitative estimate of drug-likeness (QED) is 0.390. The Morgan fingerprint density at radius 1 is 0.933 bits per heavy atom. The molecule has 0 aliphatic heterocycles. The highest BCUT2D eigenvalue weighted by Crippen LogP contribution is 2.31. The summed E-state index contributed by atoms with van der Waals surface area (Å²) in [5, 5.41) is 25.1. The van der Waals surface area contributed by atoms with Crippen molar-refractivity contribution < 1.29 is 19.0 Å². The van der Waals surface area contributed by atoms with Crippen LogP contribution in [0.2, 0.25) is 0 Å². The van der Waals surface area contributed by atoms with Crippen LogP contribution in [0.4, 0.5) is 33.1 Å². The molecule has 3 aromatic rings. The van der Waals surface area contributed by atoms with Gasteiger partial charge in [0.25, 0.3) is 11.6 Å². The number of halogens is 1. The van der Waals surface area contributed by atoms with E-state index in [0.717, 1.165) is 18.5 Å². The van der Waals surface area contributed by atoms with Crippen LogP contribution in [0.3, 0.4) is 0 Å². The van der Waals surface area contributed by atoms with Crippen LogP contribution < -0.4 is 16.2 Å². The number of carbonyl (C=O) groups excluding carboxylic acids is 1. The smallest absolute Gasteiger partial charge is 0.332 e. The van der Waals surface area contributed by atoms with Crippen molar-refractivity contribution in [1.82, 2.24) is 15.4 Å². The van der Waals surface area contributed by atoms with Gasteiger partial charge in [0.1, 0.15) is 17.7 Å². The van der Waals surface area contributed by atoms with E-state index < -0.39 is 38.8 Å². The van der Waals surface area contributed by atoms with Gasteiger partial charge in [-0.1, -0.05) is 24.3 Å². The maximum absolute atomic E-state index is 13.8. The van der Waals surface area contributed by atoms with Crippen LogP contribution in [-0.4, -0.2) is 25.7 Å². The third kappa shape index (κ3) is 4.24. The lowest BCUT2D eigenvalue weighted by Gasteiger charge is -2.11. The minimum absolute atomic E-state index is 0.0609. The lowest BCUT2D eigenvalue weighted by Crippen LogP contribution is -2.30. The number of anilines is 3. The molecule has 0 bridgehead atoms. The van der Waals surface area contributed by atoms with Crippen molar-refractivity contribution in [3.8, 4) is 0 Å². The van der Waals surface area contributed by atoms with Crippen LogP contribution in [0.1, 0.15) is 10.4 Å². The largest absolute Gasteiger partial charge is 0.355 e. The molecule has 0 atom stereocenters. The zero-order valence-electron chi connectivity index (χ0n) is 14.9. The van der Waals surface area contributed by atoms with Crippen molar-refractivity contribution >= 4 is 34.6 Å². The van der Waals surface area contributed by atoms with Gasteiger partial charge in [-0.25, -0.2) is 14.4 Å². The van der Waals surface area contributed by atoms with E-state index >= 15 is 0 Å². The monoisotopic (exact) mass is 413 g/mol. The number of rotatable bonds is 7. The van der Waals surface area contributed by atoms with Gasteiger partial charge in [0, 0.05) is 6.07 Å². The second-order valence-corrected chi connectivity index (χ2v) is 5.63. The minimum atomic E-state index is -0.918. The van der Waals surface area contributed by atoms with Gasteiger partial charge in [0.15, 0.2) is 0 Å². The molecule has 1 amide bonds. The summed E-state index contributed by atoms with van der Waals surface area (Å²) in [7, 11) is 0. The fourth-order valence-corrected chi connectivity index (χ4v) is 2.43. The molecule has 3 N–H and O–H groups in total. The molecule has 0 aliphatic carbocycles. The number of amides is 1. The number of nitro groups is 2. The summed E-state index contributed by atoms with van der Waals surface area (Å²) < 4.78 is 13.8. The third-order valence-corrected chi connectivity index (χ3v) is 3.77. The number of nitro benzene ring substituents is 1. The Kier molecular flexibility index (Phi) is 5.72. The van der Waals surface area contributed by atoms with E-state index in [1.807, 2.05) is 0 Å². The fraction of sp³-hybridized carbons (Fsp3) is 0. The van der Waals surface area contributed by atoms with E-state index in [4.69, 9.17) is 0 Å². The number of hydrogen-bond acceptors (Lipinski definition) is 9. The maximum Gasteiger partial charge on any atom is 0.355 e. The molecule has 0 radical (unpaired) electrons. The first-order valence-electron chi connectivity index (χ1n) is 8.19. The number of nitrogens with one attached hydrogen (secondary N) is 3. The Morgan fingerprint density at radius 3 is 2.30 bits per heavy atom. The Bertz CT molecular complexity index is 1140. The summed E-state index contributed by atoms with van der Waals surface area (Å²) in [5.74, 6) is -2.33.